The van der Waals surface area contributed by atoms with E-state index in [2.05, 4.69) is 38.4 Å². The van der Waals surface area contributed by atoms with Gasteiger partial charge in [0.05, 0.1) is 5.56 Å². The number of tetrazole rings is 1. The number of aryl methyl sites for hydroxylation is 3. The molecule has 6 rings (SSSR count). The van der Waals surface area contributed by atoms with Crippen LogP contribution in [0.25, 0.3) is 10.9 Å². The van der Waals surface area contributed by atoms with Crippen LogP contribution in [0.5, 0.6) is 0 Å². The Morgan fingerprint density at radius 1 is 0.907 bits per heavy atom. The first kappa shape index (κ1) is 28.6. The smallest absolute Gasteiger partial charge is 0.369 e. The quantitative estimate of drug-likeness (QED) is 0.267. The van der Waals surface area contributed by atoms with Gasteiger partial charge in [-0.3, -0.25) is 9.69 Å². The maximum atomic E-state index is 13.6. The molecule has 1 aliphatic rings. The third kappa shape index (κ3) is 6.17. The van der Waals surface area contributed by atoms with Gasteiger partial charge in [0, 0.05) is 49.5 Å². The number of hydrogen-bond donors (Lipinski definition) is 1. The van der Waals surface area contributed by atoms with Crippen molar-refractivity contribution in [2.75, 3.05) is 31.1 Å². The molecule has 1 saturated heterocycles. The number of pyridine rings is 1. The monoisotopic (exact) mass is 587 g/mol. The summed E-state index contributed by atoms with van der Waals surface area (Å²) in [4.78, 5) is 20.7. The van der Waals surface area contributed by atoms with E-state index in [1.807, 2.05) is 53.4 Å². The van der Waals surface area contributed by atoms with Crippen LogP contribution in [0, 0.1) is 0 Å². The molecule has 8 nitrogen and oxygen atoms in total. The lowest BCUT2D eigenvalue weighted by molar-refractivity contribution is -0.137. The van der Waals surface area contributed by atoms with Gasteiger partial charge < -0.3 is 9.88 Å². The van der Waals surface area contributed by atoms with Crippen molar-refractivity contribution in [3.63, 3.8) is 0 Å². The molecule has 0 unspecified atom stereocenters. The molecular formula is C32H32F3N7O. The van der Waals surface area contributed by atoms with E-state index in [-0.39, 0.29) is 5.56 Å². The highest BCUT2D eigenvalue weighted by Gasteiger charge is 2.34. The van der Waals surface area contributed by atoms with E-state index in [4.69, 9.17) is 0 Å². The molecule has 43 heavy (non-hydrogen) atoms. The van der Waals surface area contributed by atoms with Gasteiger partial charge in [-0.15, -0.1) is 5.10 Å². The molecule has 0 bridgehead atoms. The number of H-pyrrole nitrogens is 1. The van der Waals surface area contributed by atoms with Crippen molar-refractivity contribution in [1.82, 2.24) is 30.1 Å². The summed E-state index contributed by atoms with van der Waals surface area (Å²) in [5.74, 6) is 0.556. The number of fused-ring (bicyclic) bond motifs is 1. The Bertz CT molecular complexity index is 1760. The summed E-state index contributed by atoms with van der Waals surface area (Å²) in [6.07, 6.45) is -2.83. The van der Waals surface area contributed by atoms with Gasteiger partial charge in [0.15, 0.2) is 5.82 Å². The summed E-state index contributed by atoms with van der Waals surface area (Å²) in [5, 5.41) is 13.6. The lowest BCUT2D eigenvalue weighted by Gasteiger charge is -2.39. The number of hydrogen-bond acceptors (Lipinski definition) is 6. The molecule has 1 atom stereocenters. The molecular weight excluding hydrogens is 555 g/mol. The molecule has 1 aliphatic heterocycles. The molecule has 1 N–H and O–H groups in total. The largest absolute Gasteiger partial charge is 0.416 e. The second kappa shape index (κ2) is 12.0. The molecule has 0 saturated carbocycles. The Balaban J connectivity index is 1.34. The lowest BCUT2D eigenvalue weighted by atomic mass is 10.0. The number of nitrogens with zero attached hydrogens (tertiary/aromatic N) is 6. The van der Waals surface area contributed by atoms with Gasteiger partial charge in [-0.05, 0) is 76.2 Å². The predicted molar refractivity (Wildman–Crippen MR) is 159 cm³/mol. The van der Waals surface area contributed by atoms with Gasteiger partial charge in [0.1, 0.15) is 6.04 Å². The molecule has 11 heteroatoms. The predicted octanol–water partition coefficient (Wildman–Crippen LogP) is 5.25. The van der Waals surface area contributed by atoms with Crippen LogP contribution in [0.4, 0.5) is 18.9 Å². The number of aromatic nitrogens is 5. The molecule has 0 aliphatic carbocycles. The summed E-state index contributed by atoms with van der Waals surface area (Å²) in [6.45, 7) is 4.57. The van der Waals surface area contributed by atoms with Crippen LogP contribution in [0.2, 0.25) is 0 Å². The first-order valence-electron chi connectivity index (χ1n) is 14.4. The van der Waals surface area contributed by atoms with E-state index in [0.29, 0.717) is 56.2 Å². The summed E-state index contributed by atoms with van der Waals surface area (Å²) in [7, 11) is 0. The number of anilines is 1. The Morgan fingerprint density at radius 2 is 1.70 bits per heavy atom. The number of halogens is 3. The molecule has 0 spiro atoms. The Labute approximate surface area is 246 Å². The fraction of sp³-hybridized carbons (Fsp3) is 0.312. The maximum absolute atomic E-state index is 13.6. The van der Waals surface area contributed by atoms with Gasteiger partial charge in [0.25, 0.3) is 5.56 Å². The number of piperazine rings is 1. The van der Waals surface area contributed by atoms with E-state index in [0.717, 1.165) is 34.5 Å². The Morgan fingerprint density at radius 3 is 2.44 bits per heavy atom. The van der Waals surface area contributed by atoms with Crippen molar-refractivity contribution in [2.24, 2.45) is 0 Å². The number of aromatic amines is 1. The van der Waals surface area contributed by atoms with E-state index in [1.54, 1.807) is 10.7 Å². The van der Waals surface area contributed by atoms with Gasteiger partial charge in [-0.2, -0.15) is 13.2 Å². The SMILES string of the molecule is CCc1ccc2[nH]c(=O)c([C@H](c3nnnn3CCc3ccccc3)N3CCN(c4cccc(C(F)(F)F)c4)CC3)cc2c1. The zero-order chi connectivity index (χ0) is 30.0. The van der Waals surface area contributed by atoms with E-state index < -0.39 is 17.8 Å². The van der Waals surface area contributed by atoms with Gasteiger partial charge in [0.2, 0.25) is 0 Å². The molecule has 0 radical (unpaired) electrons. The first-order valence-corrected chi connectivity index (χ1v) is 14.4. The minimum atomic E-state index is -4.41. The van der Waals surface area contributed by atoms with Crippen LogP contribution in [0.3, 0.4) is 0 Å². The minimum absolute atomic E-state index is 0.223. The average molecular weight is 588 g/mol. The molecule has 5 aromatic rings. The summed E-state index contributed by atoms with van der Waals surface area (Å²) >= 11 is 0. The van der Waals surface area contributed by atoms with Crippen molar-refractivity contribution >= 4 is 16.6 Å². The maximum Gasteiger partial charge on any atom is 0.416 e. The van der Waals surface area contributed by atoms with Crippen molar-refractivity contribution < 1.29 is 13.2 Å². The number of rotatable bonds is 8. The molecule has 222 valence electrons. The zero-order valence-electron chi connectivity index (χ0n) is 23.8. The molecule has 1 fully saturated rings. The van der Waals surface area contributed by atoms with Crippen molar-refractivity contribution in [1.29, 1.82) is 0 Å². The lowest BCUT2D eigenvalue weighted by Crippen LogP contribution is -2.49. The molecule has 0 amide bonds. The van der Waals surface area contributed by atoms with Gasteiger partial charge in [-0.25, -0.2) is 4.68 Å². The van der Waals surface area contributed by atoms with Gasteiger partial charge in [-0.1, -0.05) is 49.4 Å². The summed E-state index contributed by atoms with van der Waals surface area (Å²) in [5.41, 5.74) is 3.22. The van der Waals surface area contributed by atoms with E-state index in [9.17, 15) is 18.0 Å². The fourth-order valence-electron chi connectivity index (χ4n) is 5.76. The summed E-state index contributed by atoms with van der Waals surface area (Å²) in [6, 6.07) is 22.8. The highest BCUT2D eigenvalue weighted by molar-refractivity contribution is 5.80. The Kier molecular flexibility index (Phi) is 7.98. The average Bonchev–Trinajstić information content (AvgIpc) is 3.49. The van der Waals surface area contributed by atoms with Crippen LogP contribution in [0.1, 0.15) is 41.0 Å². The number of alkyl halides is 3. The number of nitrogens with one attached hydrogen (secondary N) is 1. The molecule has 3 aromatic carbocycles. The minimum Gasteiger partial charge on any atom is -0.369 e. The third-order valence-electron chi connectivity index (χ3n) is 8.12. The molecule has 2 aromatic heterocycles. The number of benzene rings is 3. The second-order valence-corrected chi connectivity index (χ2v) is 10.8. The first-order chi connectivity index (χ1) is 20.8. The summed E-state index contributed by atoms with van der Waals surface area (Å²) < 4.78 is 41.9. The van der Waals surface area contributed by atoms with Crippen molar-refractivity contribution in [3.05, 3.63) is 117 Å². The molecule has 3 heterocycles. The van der Waals surface area contributed by atoms with E-state index in [1.165, 1.54) is 12.1 Å². The van der Waals surface area contributed by atoms with Crippen molar-refractivity contribution in [3.8, 4) is 0 Å². The van der Waals surface area contributed by atoms with Crippen LogP contribution in [-0.4, -0.2) is 56.3 Å². The topological polar surface area (TPSA) is 82.9 Å². The zero-order valence-corrected chi connectivity index (χ0v) is 23.8. The third-order valence-corrected chi connectivity index (χ3v) is 8.12. The van der Waals surface area contributed by atoms with Crippen LogP contribution < -0.4 is 10.5 Å². The fourth-order valence-corrected chi connectivity index (χ4v) is 5.76. The second-order valence-electron chi connectivity index (χ2n) is 10.8. The Hall–Kier alpha value is -4.51. The van der Waals surface area contributed by atoms with E-state index >= 15 is 0 Å². The normalized spacial score (nSPS) is 15.2. The van der Waals surface area contributed by atoms with Crippen LogP contribution in [-0.2, 0) is 25.6 Å². The standard InChI is InChI=1S/C32H32F3N7O/c1-2-22-11-12-28-24(19-22)20-27(31(43)36-28)29(30-37-38-39-42(30)14-13-23-7-4-3-5-8-23)41-17-15-40(16-18-41)26-10-6-9-25(21-26)32(33,34)35/h3-12,19-21,29H,2,13-18H2,1H3,(H,36,43)/t29-/m1/s1. The van der Waals surface area contributed by atoms with Crippen LogP contribution >= 0.6 is 0 Å². The van der Waals surface area contributed by atoms with Crippen molar-refractivity contribution in [2.45, 2.75) is 38.5 Å². The van der Waals surface area contributed by atoms with Gasteiger partial charge >= 0.3 is 6.18 Å². The highest BCUT2D eigenvalue weighted by Crippen LogP contribution is 2.33. The van der Waals surface area contributed by atoms with Crippen LogP contribution in [0.15, 0.2) is 83.7 Å². The highest BCUT2D eigenvalue weighted by atomic mass is 19.4.